The van der Waals surface area contributed by atoms with Crippen molar-refractivity contribution in [1.29, 1.82) is 5.26 Å². The maximum Gasteiger partial charge on any atom is 0.389 e. The molecule has 0 unspecified atom stereocenters. The van der Waals surface area contributed by atoms with Crippen molar-refractivity contribution in [1.82, 2.24) is 0 Å². The number of hydrogen-bond acceptors (Lipinski definition) is 3. The van der Waals surface area contributed by atoms with E-state index < -0.39 is 12.6 Å². The van der Waals surface area contributed by atoms with Crippen LogP contribution >= 0.6 is 0 Å². The number of nitrogens with zero attached hydrogens (tertiary/aromatic N) is 1. The van der Waals surface area contributed by atoms with Crippen LogP contribution in [0.2, 0.25) is 0 Å². The highest BCUT2D eigenvalue weighted by atomic mass is 19.4. The molecule has 0 aliphatic carbocycles. The van der Waals surface area contributed by atoms with Gasteiger partial charge in [-0.05, 0) is 18.6 Å². The van der Waals surface area contributed by atoms with Gasteiger partial charge in [-0.1, -0.05) is 0 Å². The molecule has 18 heavy (non-hydrogen) atoms. The largest absolute Gasteiger partial charge is 0.497 e. The average molecular weight is 259 g/mol. The minimum absolute atomic E-state index is 0.0959. The zero-order chi connectivity index (χ0) is 13.6. The molecule has 1 aromatic rings. The third kappa shape index (κ3) is 4.53. The van der Waals surface area contributed by atoms with Crippen LogP contribution in [0.5, 0.6) is 11.5 Å². The first-order valence-electron chi connectivity index (χ1n) is 5.24. The van der Waals surface area contributed by atoms with Crippen LogP contribution in [0.1, 0.15) is 18.4 Å². The second-order valence-electron chi connectivity index (χ2n) is 3.54. The number of nitriles is 1. The number of benzene rings is 1. The summed E-state index contributed by atoms with van der Waals surface area (Å²) in [5, 5.41) is 8.82. The van der Waals surface area contributed by atoms with Gasteiger partial charge in [0.2, 0.25) is 0 Å². The fourth-order valence-electron chi connectivity index (χ4n) is 1.30. The summed E-state index contributed by atoms with van der Waals surface area (Å²) in [4.78, 5) is 0. The van der Waals surface area contributed by atoms with Gasteiger partial charge in [0.05, 0.1) is 19.3 Å². The van der Waals surface area contributed by atoms with Crippen LogP contribution in [0, 0.1) is 11.3 Å². The molecule has 6 heteroatoms. The van der Waals surface area contributed by atoms with Crippen LogP contribution < -0.4 is 9.47 Å². The first-order chi connectivity index (χ1) is 8.46. The monoisotopic (exact) mass is 259 g/mol. The van der Waals surface area contributed by atoms with Gasteiger partial charge in [0, 0.05) is 12.5 Å². The SMILES string of the molecule is COc1ccc(C#N)c(OCCCC(F)(F)F)c1. The molecule has 1 aromatic carbocycles. The Morgan fingerprint density at radius 2 is 2.06 bits per heavy atom. The molecule has 0 heterocycles. The molecule has 0 bridgehead atoms. The first kappa shape index (κ1) is 14.2. The van der Waals surface area contributed by atoms with Gasteiger partial charge in [-0.25, -0.2) is 0 Å². The van der Waals surface area contributed by atoms with E-state index in [1.165, 1.54) is 19.2 Å². The van der Waals surface area contributed by atoms with E-state index in [0.29, 0.717) is 5.75 Å². The van der Waals surface area contributed by atoms with E-state index >= 15 is 0 Å². The molecule has 0 saturated heterocycles. The average Bonchev–Trinajstić information content (AvgIpc) is 2.33. The lowest BCUT2D eigenvalue weighted by Crippen LogP contribution is -2.10. The minimum Gasteiger partial charge on any atom is -0.497 e. The molecule has 0 amide bonds. The highest BCUT2D eigenvalue weighted by Gasteiger charge is 2.26. The lowest BCUT2D eigenvalue weighted by molar-refractivity contribution is -0.136. The fourth-order valence-corrected chi connectivity index (χ4v) is 1.30. The standard InChI is InChI=1S/C12H12F3NO2/c1-17-10-4-3-9(8-16)11(7-10)18-6-2-5-12(13,14)15/h3-4,7H,2,5-6H2,1H3. The number of hydrogen-bond donors (Lipinski definition) is 0. The van der Waals surface area contributed by atoms with Gasteiger partial charge in [-0.15, -0.1) is 0 Å². The molecule has 0 aromatic heterocycles. The fraction of sp³-hybridized carbons (Fsp3) is 0.417. The molecular weight excluding hydrogens is 247 g/mol. The van der Waals surface area contributed by atoms with Crippen molar-refractivity contribution in [3.63, 3.8) is 0 Å². The summed E-state index contributed by atoms with van der Waals surface area (Å²) in [5.74, 6) is 0.721. The maximum atomic E-state index is 11.9. The predicted molar refractivity (Wildman–Crippen MR) is 58.5 cm³/mol. The molecule has 0 spiro atoms. The van der Waals surface area contributed by atoms with Gasteiger partial charge in [0.15, 0.2) is 0 Å². The first-order valence-corrected chi connectivity index (χ1v) is 5.24. The lowest BCUT2D eigenvalue weighted by atomic mass is 10.2. The summed E-state index contributed by atoms with van der Waals surface area (Å²) in [6.45, 7) is -0.0959. The molecule has 0 aliphatic heterocycles. The smallest absolute Gasteiger partial charge is 0.389 e. The van der Waals surface area contributed by atoms with E-state index in [4.69, 9.17) is 14.7 Å². The van der Waals surface area contributed by atoms with E-state index in [1.54, 1.807) is 6.07 Å². The molecular formula is C12H12F3NO2. The number of rotatable bonds is 5. The maximum absolute atomic E-state index is 11.9. The van der Waals surface area contributed by atoms with E-state index in [0.717, 1.165) is 0 Å². The highest BCUT2D eigenvalue weighted by molar-refractivity contribution is 5.47. The molecule has 0 radical (unpaired) electrons. The normalized spacial score (nSPS) is 10.8. The summed E-state index contributed by atoms with van der Waals surface area (Å²) >= 11 is 0. The molecule has 98 valence electrons. The zero-order valence-electron chi connectivity index (χ0n) is 9.75. The van der Waals surface area contributed by atoms with Crippen LogP contribution in [-0.4, -0.2) is 19.9 Å². The second kappa shape index (κ2) is 6.15. The summed E-state index contributed by atoms with van der Waals surface area (Å²) in [6, 6.07) is 6.46. The molecule has 1 rings (SSSR count). The Morgan fingerprint density at radius 1 is 1.33 bits per heavy atom. The van der Waals surface area contributed by atoms with E-state index in [9.17, 15) is 13.2 Å². The Morgan fingerprint density at radius 3 is 2.61 bits per heavy atom. The van der Waals surface area contributed by atoms with Gasteiger partial charge in [-0.3, -0.25) is 0 Å². The molecule has 0 fully saturated rings. The predicted octanol–water partition coefficient (Wildman–Crippen LogP) is 3.29. The van der Waals surface area contributed by atoms with Crippen molar-refractivity contribution >= 4 is 0 Å². The van der Waals surface area contributed by atoms with Crippen molar-refractivity contribution < 1.29 is 22.6 Å². The number of ether oxygens (including phenoxy) is 2. The van der Waals surface area contributed by atoms with Crippen molar-refractivity contribution in [3.05, 3.63) is 23.8 Å². The Labute approximate surface area is 103 Å². The van der Waals surface area contributed by atoms with Gasteiger partial charge >= 0.3 is 6.18 Å². The van der Waals surface area contributed by atoms with Crippen molar-refractivity contribution in [2.75, 3.05) is 13.7 Å². The van der Waals surface area contributed by atoms with E-state index in [2.05, 4.69) is 0 Å². The zero-order valence-corrected chi connectivity index (χ0v) is 9.75. The van der Waals surface area contributed by atoms with Crippen LogP contribution in [-0.2, 0) is 0 Å². The Kier molecular flexibility index (Phi) is 4.84. The lowest BCUT2D eigenvalue weighted by Gasteiger charge is -2.10. The van der Waals surface area contributed by atoms with Gasteiger partial charge in [0.25, 0.3) is 0 Å². The molecule has 3 nitrogen and oxygen atoms in total. The Bertz CT molecular complexity index is 438. The Balaban J connectivity index is 2.58. The van der Waals surface area contributed by atoms with Gasteiger partial charge < -0.3 is 9.47 Å². The van der Waals surface area contributed by atoms with E-state index in [-0.39, 0.29) is 24.3 Å². The van der Waals surface area contributed by atoms with Crippen molar-refractivity contribution in [2.24, 2.45) is 0 Å². The summed E-state index contributed by atoms with van der Waals surface area (Å²) < 4.78 is 45.9. The second-order valence-corrected chi connectivity index (χ2v) is 3.54. The molecule has 0 saturated carbocycles. The molecule has 0 atom stereocenters. The number of methoxy groups -OCH3 is 1. The van der Waals surface area contributed by atoms with Crippen molar-refractivity contribution in [3.8, 4) is 17.6 Å². The summed E-state index contributed by atoms with van der Waals surface area (Å²) in [7, 11) is 1.45. The van der Waals surface area contributed by atoms with E-state index in [1.807, 2.05) is 6.07 Å². The number of halogens is 3. The minimum atomic E-state index is -4.18. The van der Waals surface area contributed by atoms with Gasteiger partial charge in [0.1, 0.15) is 17.6 Å². The molecule has 0 N–H and O–H groups in total. The van der Waals surface area contributed by atoms with Crippen LogP contribution in [0.4, 0.5) is 13.2 Å². The van der Waals surface area contributed by atoms with Crippen LogP contribution in [0.25, 0.3) is 0 Å². The van der Waals surface area contributed by atoms with Crippen molar-refractivity contribution in [2.45, 2.75) is 19.0 Å². The molecule has 0 aliphatic rings. The number of alkyl halides is 3. The topological polar surface area (TPSA) is 42.2 Å². The van der Waals surface area contributed by atoms with Crippen LogP contribution in [0.15, 0.2) is 18.2 Å². The van der Waals surface area contributed by atoms with Crippen LogP contribution in [0.3, 0.4) is 0 Å². The Hall–Kier alpha value is -1.90. The quantitative estimate of drug-likeness (QED) is 0.762. The van der Waals surface area contributed by atoms with Gasteiger partial charge in [-0.2, -0.15) is 18.4 Å². The third-order valence-corrected chi connectivity index (χ3v) is 2.17. The summed E-state index contributed by atoms with van der Waals surface area (Å²) in [5.41, 5.74) is 0.266. The highest BCUT2D eigenvalue weighted by Crippen LogP contribution is 2.25. The third-order valence-electron chi connectivity index (χ3n) is 2.17. The summed E-state index contributed by atoms with van der Waals surface area (Å²) in [6.07, 6.45) is -5.24.